The number of sulfone groups is 1. The van der Waals surface area contributed by atoms with Crippen LogP contribution in [0, 0.1) is 0 Å². The van der Waals surface area contributed by atoms with Crippen molar-refractivity contribution in [3.8, 4) is 22.8 Å². The standard InChI is InChI=1S/C22H17N3O6S2/c1-33(27,28)13-3-4-14-18(9-13)32-21(23-14)24-20(26)22(6-7-22)19-10-16(31-25-19)12-2-5-15-17(8-12)30-11-29-15/h2-5,8-10H,6-7,11H2,1H3,(H,23,24,26). The monoisotopic (exact) mass is 483 g/mol. The highest BCUT2D eigenvalue weighted by Crippen LogP contribution is 2.49. The van der Waals surface area contributed by atoms with Crippen LogP contribution in [0.15, 0.2) is 51.9 Å². The van der Waals surface area contributed by atoms with E-state index in [9.17, 15) is 13.2 Å². The Labute approximate surface area is 192 Å². The molecule has 2 aromatic carbocycles. The van der Waals surface area contributed by atoms with Gasteiger partial charge in [-0.15, -0.1) is 0 Å². The third kappa shape index (κ3) is 3.44. The Morgan fingerprint density at radius 1 is 1.09 bits per heavy atom. The molecule has 3 heterocycles. The van der Waals surface area contributed by atoms with Crippen LogP contribution in [0.5, 0.6) is 11.5 Å². The van der Waals surface area contributed by atoms with E-state index in [0.717, 1.165) is 11.8 Å². The molecule has 0 atom stereocenters. The van der Waals surface area contributed by atoms with Crippen molar-refractivity contribution in [1.29, 1.82) is 0 Å². The number of benzene rings is 2. The molecule has 0 spiro atoms. The molecule has 4 aromatic rings. The molecule has 0 unspecified atom stereocenters. The lowest BCUT2D eigenvalue weighted by atomic mass is 10.0. The van der Waals surface area contributed by atoms with Gasteiger partial charge in [-0.1, -0.05) is 16.5 Å². The summed E-state index contributed by atoms with van der Waals surface area (Å²) in [6.45, 7) is 0.186. The van der Waals surface area contributed by atoms with Gasteiger partial charge in [-0.25, -0.2) is 13.4 Å². The van der Waals surface area contributed by atoms with Crippen LogP contribution in [0.4, 0.5) is 5.13 Å². The van der Waals surface area contributed by atoms with Crippen LogP contribution in [0.3, 0.4) is 0 Å². The first-order valence-electron chi connectivity index (χ1n) is 10.1. The molecule has 11 heteroatoms. The van der Waals surface area contributed by atoms with E-state index >= 15 is 0 Å². The van der Waals surface area contributed by atoms with Gasteiger partial charge in [0.15, 0.2) is 32.2 Å². The molecule has 0 saturated heterocycles. The van der Waals surface area contributed by atoms with Crippen LogP contribution in [0.2, 0.25) is 0 Å². The molecule has 33 heavy (non-hydrogen) atoms. The average Bonchev–Trinajstić information content (AvgIpc) is 3.14. The van der Waals surface area contributed by atoms with Gasteiger partial charge in [0.2, 0.25) is 12.7 Å². The molecular weight excluding hydrogens is 466 g/mol. The number of carbonyl (C=O) groups is 1. The van der Waals surface area contributed by atoms with Crippen LogP contribution in [-0.4, -0.2) is 37.5 Å². The lowest BCUT2D eigenvalue weighted by molar-refractivity contribution is -0.118. The number of carbonyl (C=O) groups excluding carboxylic acids is 1. The summed E-state index contributed by atoms with van der Waals surface area (Å²) in [5.41, 5.74) is 1.20. The zero-order valence-electron chi connectivity index (χ0n) is 17.3. The van der Waals surface area contributed by atoms with Crippen molar-refractivity contribution in [3.63, 3.8) is 0 Å². The van der Waals surface area contributed by atoms with Crippen LogP contribution >= 0.6 is 11.3 Å². The minimum absolute atomic E-state index is 0.186. The van der Waals surface area contributed by atoms with Crippen LogP contribution in [0.25, 0.3) is 21.5 Å². The molecule has 9 nitrogen and oxygen atoms in total. The topological polar surface area (TPSA) is 121 Å². The normalized spacial score (nSPS) is 16.2. The molecule has 6 rings (SSSR count). The van der Waals surface area contributed by atoms with Crippen molar-refractivity contribution in [1.82, 2.24) is 10.1 Å². The maximum atomic E-state index is 13.1. The van der Waals surface area contributed by atoms with Crippen molar-refractivity contribution in [2.24, 2.45) is 0 Å². The fourth-order valence-corrected chi connectivity index (χ4v) is 5.44. The van der Waals surface area contributed by atoms with E-state index < -0.39 is 15.3 Å². The second-order valence-electron chi connectivity index (χ2n) is 8.10. The Kier molecular flexibility index (Phi) is 4.30. The highest BCUT2D eigenvalue weighted by atomic mass is 32.2. The number of nitrogens with zero attached hydrogens (tertiary/aromatic N) is 2. The van der Waals surface area contributed by atoms with Gasteiger partial charge in [-0.05, 0) is 49.2 Å². The molecule has 1 amide bonds. The molecule has 2 aromatic heterocycles. The molecular formula is C22H17N3O6S2. The van der Waals surface area contributed by atoms with Gasteiger partial charge in [0, 0.05) is 17.9 Å². The number of fused-ring (bicyclic) bond motifs is 2. The first-order valence-corrected chi connectivity index (χ1v) is 12.8. The third-order valence-electron chi connectivity index (χ3n) is 5.85. The Hall–Kier alpha value is -3.44. The average molecular weight is 484 g/mol. The second-order valence-corrected chi connectivity index (χ2v) is 11.1. The number of ether oxygens (including phenoxy) is 2. The summed E-state index contributed by atoms with van der Waals surface area (Å²) in [4.78, 5) is 17.8. The highest BCUT2D eigenvalue weighted by molar-refractivity contribution is 7.90. The number of aromatic nitrogens is 2. The van der Waals surface area contributed by atoms with Gasteiger partial charge in [0.1, 0.15) is 0 Å². The van der Waals surface area contributed by atoms with Crippen molar-refractivity contribution in [2.45, 2.75) is 23.2 Å². The molecule has 1 fully saturated rings. The highest BCUT2D eigenvalue weighted by Gasteiger charge is 2.54. The summed E-state index contributed by atoms with van der Waals surface area (Å²) in [5, 5.41) is 7.46. The molecule has 0 radical (unpaired) electrons. The van der Waals surface area contributed by atoms with Gasteiger partial charge >= 0.3 is 0 Å². The first-order chi connectivity index (χ1) is 15.8. The van der Waals surface area contributed by atoms with E-state index in [1.165, 1.54) is 17.4 Å². The minimum atomic E-state index is -3.32. The number of rotatable bonds is 5. The molecule has 1 saturated carbocycles. The maximum absolute atomic E-state index is 13.1. The van der Waals surface area contributed by atoms with E-state index in [4.69, 9.17) is 14.0 Å². The first kappa shape index (κ1) is 20.2. The van der Waals surface area contributed by atoms with E-state index in [1.807, 2.05) is 18.2 Å². The van der Waals surface area contributed by atoms with Crippen molar-refractivity contribution in [2.75, 3.05) is 18.4 Å². The Morgan fingerprint density at radius 3 is 2.70 bits per heavy atom. The Bertz CT molecular complexity index is 1530. The van der Waals surface area contributed by atoms with Gasteiger partial charge < -0.3 is 19.3 Å². The summed E-state index contributed by atoms with van der Waals surface area (Å²) in [5.74, 6) is 1.64. The quantitative estimate of drug-likeness (QED) is 0.456. The number of amides is 1. The van der Waals surface area contributed by atoms with Gasteiger partial charge in [-0.3, -0.25) is 4.79 Å². The van der Waals surface area contributed by atoms with E-state index in [-0.39, 0.29) is 17.6 Å². The zero-order valence-corrected chi connectivity index (χ0v) is 19.0. The fraction of sp³-hybridized carbons (Fsp3) is 0.227. The number of anilines is 1. The zero-order chi connectivity index (χ0) is 22.8. The maximum Gasteiger partial charge on any atom is 0.238 e. The largest absolute Gasteiger partial charge is 0.454 e. The molecule has 1 aliphatic heterocycles. The molecule has 168 valence electrons. The SMILES string of the molecule is CS(=O)(=O)c1ccc2nc(NC(=O)C3(c4cc(-c5ccc6c(c5)OCO6)on4)CC3)sc2c1. The minimum Gasteiger partial charge on any atom is -0.454 e. The van der Waals surface area contributed by atoms with Crippen molar-refractivity contribution < 1.29 is 27.2 Å². The van der Waals surface area contributed by atoms with Gasteiger partial charge in [0.25, 0.3) is 0 Å². The third-order valence-corrected chi connectivity index (χ3v) is 7.89. The Balaban J connectivity index is 1.24. The smallest absolute Gasteiger partial charge is 0.238 e. The molecule has 0 bridgehead atoms. The van der Waals surface area contributed by atoms with Gasteiger partial charge in [-0.2, -0.15) is 0 Å². The van der Waals surface area contributed by atoms with Crippen LogP contribution in [0.1, 0.15) is 18.5 Å². The number of hydrogen-bond donors (Lipinski definition) is 1. The summed E-state index contributed by atoms with van der Waals surface area (Å²) >= 11 is 1.23. The van der Waals surface area contributed by atoms with Crippen molar-refractivity contribution >= 4 is 42.4 Å². The lowest BCUT2D eigenvalue weighted by Crippen LogP contribution is -2.28. The number of hydrogen-bond acceptors (Lipinski definition) is 9. The summed E-state index contributed by atoms with van der Waals surface area (Å²) in [6, 6.07) is 12.0. The fourth-order valence-electron chi connectivity index (χ4n) is 3.82. The molecule has 2 aliphatic rings. The van der Waals surface area contributed by atoms with Crippen LogP contribution in [-0.2, 0) is 20.0 Å². The Morgan fingerprint density at radius 2 is 1.91 bits per heavy atom. The molecule has 1 aliphatic carbocycles. The predicted molar refractivity (Wildman–Crippen MR) is 120 cm³/mol. The predicted octanol–water partition coefficient (Wildman–Crippen LogP) is 3.75. The number of nitrogens with one attached hydrogen (secondary N) is 1. The lowest BCUT2D eigenvalue weighted by Gasteiger charge is -2.10. The number of thiazole rings is 1. The van der Waals surface area contributed by atoms with Crippen molar-refractivity contribution in [3.05, 3.63) is 48.2 Å². The summed E-state index contributed by atoms with van der Waals surface area (Å²) in [7, 11) is -3.32. The van der Waals surface area contributed by atoms with Crippen LogP contribution < -0.4 is 14.8 Å². The van der Waals surface area contributed by atoms with E-state index in [2.05, 4.69) is 15.5 Å². The van der Waals surface area contributed by atoms with E-state index in [0.29, 0.717) is 51.1 Å². The summed E-state index contributed by atoms with van der Waals surface area (Å²) < 4.78 is 40.6. The molecule has 1 N–H and O–H groups in total. The second kappa shape index (κ2) is 7.03. The van der Waals surface area contributed by atoms with Gasteiger partial charge in [0.05, 0.1) is 26.2 Å². The van der Waals surface area contributed by atoms with E-state index in [1.54, 1.807) is 18.2 Å². The summed E-state index contributed by atoms with van der Waals surface area (Å²) in [6.07, 6.45) is 2.45.